The molecule has 0 amide bonds. The van der Waals surface area contributed by atoms with E-state index in [1.165, 1.54) is 12.8 Å². The highest BCUT2D eigenvalue weighted by molar-refractivity contribution is 5.81. The van der Waals surface area contributed by atoms with Crippen LogP contribution in [0.3, 0.4) is 0 Å². The SMILES string of the molecule is O=C1C[C@@H]2CC(OC3CC3)C[C@@H]2C1. The average molecular weight is 180 g/mol. The molecule has 1 unspecified atom stereocenters. The summed E-state index contributed by atoms with van der Waals surface area (Å²) in [7, 11) is 0. The van der Waals surface area contributed by atoms with Crippen molar-refractivity contribution in [2.75, 3.05) is 0 Å². The Morgan fingerprint density at radius 1 is 1.00 bits per heavy atom. The Labute approximate surface area is 78.6 Å². The third kappa shape index (κ3) is 1.52. The quantitative estimate of drug-likeness (QED) is 0.649. The Hall–Kier alpha value is -0.370. The van der Waals surface area contributed by atoms with Gasteiger partial charge in [0.2, 0.25) is 0 Å². The smallest absolute Gasteiger partial charge is 0.133 e. The highest BCUT2D eigenvalue weighted by Crippen LogP contribution is 2.44. The van der Waals surface area contributed by atoms with Crippen LogP contribution in [0.25, 0.3) is 0 Å². The molecule has 3 aliphatic rings. The van der Waals surface area contributed by atoms with Crippen LogP contribution in [0.5, 0.6) is 0 Å². The molecule has 0 aromatic carbocycles. The van der Waals surface area contributed by atoms with Gasteiger partial charge < -0.3 is 4.74 Å². The van der Waals surface area contributed by atoms with Crippen LogP contribution in [0.4, 0.5) is 0 Å². The van der Waals surface area contributed by atoms with Crippen molar-refractivity contribution in [3.8, 4) is 0 Å². The zero-order valence-electron chi connectivity index (χ0n) is 7.87. The highest BCUT2D eigenvalue weighted by atomic mass is 16.5. The lowest BCUT2D eigenvalue weighted by Crippen LogP contribution is -2.11. The molecular formula is C11H16O2. The fourth-order valence-corrected chi connectivity index (χ4v) is 2.91. The molecule has 0 aromatic heterocycles. The van der Waals surface area contributed by atoms with Crippen molar-refractivity contribution in [2.45, 2.75) is 50.7 Å². The average Bonchev–Trinajstić information content (AvgIpc) is 2.68. The van der Waals surface area contributed by atoms with E-state index >= 15 is 0 Å². The number of carbonyl (C=O) groups is 1. The fraction of sp³-hybridized carbons (Fsp3) is 0.909. The first kappa shape index (κ1) is 7.98. The van der Waals surface area contributed by atoms with Crippen molar-refractivity contribution < 1.29 is 9.53 Å². The number of rotatable bonds is 2. The fourth-order valence-electron chi connectivity index (χ4n) is 2.91. The molecule has 3 aliphatic carbocycles. The Morgan fingerprint density at radius 2 is 1.62 bits per heavy atom. The first-order valence-corrected chi connectivity index (χ1v) is 5.48. The lowest BCUT2D eigenvalue weighted by molar-refractivity contribution is -0.118. The Bertz CT molecular complexity index is 216. The maximum absolute atomic E-state index is 11.2. The minimum absolute atomic E-state index is 0.486. The van der Waals surface area contributed by atoms with Gasteiger partial charge in [0.15, 0.2) is 0 Å². The van der Waals surface area contributed by atoms with Crippen LogP contribution in [0.2, 0.25) is 0 Å². The molecule has 13 heavy (non-hydrogen) atoms. The number of ketones is 1. The third-order valence-electron chi connectivity index (χ3n) is 3.69. The molecular weight excluding hydrogens is 164 g/mol. The van der Waals surface area contributed by atoms with Gasteiger partial charge in [0.05, 0.1) is 12.2 Å². The normalized spacial score (nSPS) is 44.0. The molecule has 0 bridgehead atoms. The van der Waals surface area contributed by atoms with E-state index in [0.29, 0.717) is 29.8 Å². The summed E-state index contributed by atoms with van der Waals surface area (Å²) in [6.07, 6.45) is 7.62. The molecule has 2 heteroatoms. The molecule has 0 radical (unpaired) electrons. The van der Waals surface area contributed by atoms with Gasteiger partial charge in [-0.15, -0.1) is 0 Å². The summed E-state index contributed by atoms with van der Waals surface area (Å²) in [5.74, 6) is 1.84. The van der Waals surface area contributed by atoms with Gasteiger partial charge in [-0.1, -0.05) is 0 Å². The maximum atomic E-state index is 11.2. The van der Waals surface area contributed by atoms with Crippen molar-refractivity contribution in [1.82, 2.24) is 0 Å². The number of ether oxygens (including phenoxy) is 1. The number of fused-ring (bicyclic) bond motifs is 1. The standard InChI is InChI=1S/C11H16O2/c12-9-3-7-5-11(6-8(7)4-9)13-10-1-2-10/h7-8,10-11H,1-6H2/t7-,8+,11?. The van der Waals surface area contributed by atoms with Gasteiger partial charge in [0.1, 0.15) is 5.78 Å². The summed E-state index contributed by atoms with van der Waals surface area (Å²) in [4.78, 5) is 11.2. The summed E-state index contributed by atoms with van der Waals surface area (Å²) in [6, 6.07) is 0. The molecule has 0 aliphatic heterocycles. The topological polar surface area (TPSA) is 26.3 Å². The first-order valence-electron chi connectivity index (χ1n) is 5.48. The van der Waals surface area contributed by atoms with Gasteiger partial charge in [-0.25, -0.2) is 0 Å². The maximum Gasteiger partial charge on any atom is 0.133 e. The van der Waals surface area contributed by atoms with Gasteiger partial charge in [0.25, 0.3) is 0 Å². The van der Waals surface area contributed by atoms with Crippen LogP contribution in [0, 0.1) is 11.8 Å². The molecule has 3 saturated carbocycles. The summed E-state index contributed by atoms with van der Waals surface area (Å²) < 4.78 is 5.88. The van der Waals surface area contributed by atoms with E-state index in [1.54, 1.807) is 0 Å². The van der Waals surface area contributed by atoms with Gasteiger partial charge in [-0.3, -0.25) is 4.79 Å². The lowest BCUT2D eigenvalue weighted by atomic mass is 10.0. The van der Waals surface area contributed by atoms with Gasteiger partial charge >= 0.3 is 0 Å². The molecule has 0 N–H and O–H groups in total. The lowest BCUT2D eigenvalue weighted by Gasteiger charge is -2.11. The third-order valence-corrected chi connectivity index (χ3v) is 3.69. The second-order valence-electron chi connectivity index (χ2n) is 4.90. The van der Waals surface area contributed by atoms with Crippen molar-refractivity contribution in [1.29, 1.82) is 0 Å². The van der Waals surface area contributed by atoms with E-state index in [2.05, 4.69) is 0 Å². The minimum Gasteiger partial charge on any atom is -0.375 e. The summed E-state index contributed by atoms with van der Waals surface area (Å²) >= 11 is 0. The van der Waals surface area contributed by atoms with Crippen LogP contribution in [-0.2, 0) is 9.53 Å². The molecule has 2 nitrogen and oxygen atoms in total. The molecule has 3 rings (SSSR count). The Morgan fingerprint density at radius 3 is 2.15 bits per heavy atom. The van der Waals surface area contributed by atoms with Gasteiger partial charge in [0, 0.05) is 12.8 Å². The van der Waals surface area contributed by atoms with Crippen LogP contribution >= 0.6 is 0 Å². The predicted molar refractivity (Wildman–Crippen MR) is 48.4 cm³/mol. The predicted octanol–water partition coefficient (Wildman–Crippen LogP) is 1.92. The van der Waals surface area contributed by atoms with Crippen LogP contribution in [0.15, 0.2) is 0 Å². The van der Waals surface area contributed by atoms with Crippen LogP contribution in [-0.4, -0.2) is 18.0 Å². The zero-order chi connectivity index (χ0) is 8.84. The summed E-state index contributed by atoms with van der Waals surface area (Å²) in [6.45, 7) is 0. The number of hydrogen-bond acceptors (Lipinski definition) is 2. The van der Waals surface area contributed by atoms with Crippen LogP contribution < -0.4 is 0 Å². The summed E-state index contributed by atoms with van der Waals surface area (Å²) in [5, 5.41) is 0. The molecule has 0 heterocycles. The number of Topliss-reactive ketones (excluding diaryl/α,β-unsaturated/α-hetero) is 1. The molecule has 0 aromatic rings. The molecule has 3 fully saturated rings. The van der Waals surface area contributed by atoms with E-state index in [1.807, 2.05) is 0 Å². The Balaban J connectivity index is 1.57. The largest absolute Gasteiger partial charge is 0.375 e. The second kappa shape index (κ2) is 2.81. The molecule has 0 saturated heterocycles. The van der Waals surface area contributed by atoms with Crippen molar-refractivity contribution >= 4 is 5.78 Å². The van der Waals surface area contributed by atoms with Crippen molar-refractivity contribution in [3.05, 3.63) is 0 Å². The highest BCUT2D eigenvalue weighted by Gasteiger charge is 2.42. The molecule has 72 valence electrons. The number of carbonyl (C=O) groups excluding carboxylic acids is 1. The van der Waals surface area contributed by atoms with E-state index in [9.17, 15) is 4.79 Å². The van der Waals surface area contributed by atoms with Crippen molar-refractivity contribution in [3.63, 3.8) is 0 Å². The monoisotopic (exact) mass is 180 g/mol. The van der Waals surface area contributed by atoms with E-state index in [4.69, 9.17) is 4.74 Å². The summed E-state index contributed by atoms with van der Waals surface area (Å²) in [5.41, 5.74) is 0. The minimum atomic E-state index is 0.486. The Kier molecular flexibility index (Phi) is 1.72. The van der Waals surface area contributed by atoms with E-state index in [0.717, 1.165) is 25.7 Å². The number of hydrogen-bond donors (Lipinski definition) is 0. The first-order chi connectivity index (χ1) is 6.31. The molecule has 0 spiro atoms. The van der Waals surface area contributed by atoms with Crippen LogP contribution in [0.1, 0.15) is 38.5 Å². The zero-order valence-corrected chi connectivity index (χ0v) is 7.87. The molecule has 3 atom stereocenters. The second-order valence-corrected chi connectivity index (χ2v) is 4.90. The van der Waals surface area contributed by atoms with Crippen molar-refractivity contribution in [2.24, 2.45) is 11.8 Å². The van der Waals surface area contributed by atoms with E-state index in [-0.39, 0.29) is 0 Å². The van der Waals surface area contributed by atoms with Gasteiger partial charge in [-0.2, -0.15) is 0 Å². The van der Waals surface area contributed by atoms with E-state index < -0.39 is 0 Å². The van der Waals surface area contributed by atoms with Gasteiger partial charge in [-0.05, 0) is 37.5 Å².